The van der Waals surface area contributed by atoms with Crippen LogP contribution in [0.15, 0.2) is 42.6 Å². The van der Waals surface area contributed by atoms with Crippen LogP contribution in [-0.2, 0) is 11.2 Å². The number of amides is 1. The molecule has 1 aromatic carbocycles. The predicted octanol–water partition coefficient (Wildman–Crippen LogP) is 2.65. The van der Waals surface area contributed by atoms with E-state index >= 15 is 0 Å². The third-order valence-corrected chi connectivity index (χ3v) is 4.43. The minimum absolute atomic E-state index is 0.117. The van der Waals surface area contributed by atoms with Gasteiger partial charge < -0.3 is 20.1 Å². The van der Waals surface area contributed by atoms with Gasteiger partial charge in [-0.05, 0) is 43.0 Å². The highest BCUT2D eigenvalue weighted by molar-refractivity contribution is 5.94. The number of rotatable bonds is 8. The van der Waals surface area contributed by atoms with Crippen molar-refractivity contribution in [2.45, 2.75) is 25.4 Å². The summed E-state index contributed by atoms with van der Waals surface area (Å²) in [5.41, 5.74) is 1.70. The second-order valence-electron chi connectivity index (χ2n) is 6.27. The van der Waals surface area contributed by atoms with Crippen molar-refractivity contribution in [3.63, 3.8) is 0 Å². The highest BCUT2D eigenvalue weighted by atomic mass is 16.5. The van der Waals surface area contributed by atoms with Crippen LogP contribution in [0.4, 0.5) is 5.82 Å². The lowest BCUT2D eigenvalue weighted by molar-refractivity contribution is 0.0857. The normalized spacial score (nSPS) is 16.3. The first-order valence-corrected chi connectivity index (χ1v) is 8.98. The molecule has 6 heteroatoms. The average Bonchev–Trinajstić information content (AvgIpc) is 3.20. The molecule has 0 aliphatic carbocycles. The van der Waals surface area contributed by atoms with E-state index in [9.17, 15) is 4.79 Å². The van der Waals surface area contributed by atoms with Crippen molar-refractivity contribution in [1.82, 2.24) is 10.3 Å². The number of hydrogen-bond donors (Lipinski definition) is 2. The molecule has 138 valence electrons. The minimum Gasteiger partial charge on any atom is -0.496 e. The molecular weight excluding hydrogens is 330 g/mol. The summed E-state index contributed by atoms with van der Waals surface area (Å²) in [5.74, 6) is 1.52. The highest BCUT2D eigenvalue weighted by Gasteiger charge is 2.16. The first-order chi connectivity index (χ1) is 12.8. The number of carbonyl (C=O) groups is 1. The number of carbonyl (C=O) groups excluding carboxylic acids is 1. The Kier molecular flexibility index (Phi) is 6.44. The molecule has 1 unspecified atom stereocenters. The van der Waals surface area contributed by atoms with E-state index in [2.05, 4.69) is 21.7 Å². The summed E-state index contributed by atoms with van der Waals surface area (Å²) in [6, 6.07) is 11.6. The number of nitrogens with zero attached hydrogens (tertiary/aromatic N) is 1. The lowest BCUT2D eigenvalue weighted by Crippen LogP contribution is -2.31. The smallest absolute Gasteiger partial charge is 0.252 e. The number of ether oxygens (including phenoxy) is 2. The molecule has 0 saturated carbocycles. The molecule has 1 aromatic heterocycles. The fourth-order valence-corrected chi connectivity index (χ4v) is 2.98. The molecule has 2 N–H and O–H groups in total. The van der Waals surface area contributed by atoms with E-state index in [1.165, 1.54) is 0 Å². The summed E-state index contributed by atoms with van der Waals surface area (Å²) in [6.45, 7) is 2.08. The van der Waals surface area contributed by atoms with E-state index in [1.807, 2.05) is 24.3 Å². The lowest BCUT2D eigenvalue weighted by atomic mass is 10.1. The second-order valence-corrected chi connectivity index (χ2v) is 6.27. The van der Waals surface area contributed by atoms with Crippen LogP contribution in [0.2, 0.25) is 0 Å². The Balaban J connectivity index is 1.45. The third kappa shape index (κ3) is 4.95. The van der Waals surface area contributed by atoms with E-state index in [4.69, 9.17) is 9.47 Å². The van der Waals surface area contributed by atoms with Crippen LogP contribution in [-0.4, -0.2) is 43.8 Å². The van der Waals surface area contributed by atoms with E-state index < -0.39 is 0 Å². The predicted molar refractivity (Wildman–Crippen MR) is 101 cm³/mol. The zero-order valence-corrected chi connectivity index (χ0v) is 15.0. The fourth-order valence-electron chi connectivity index (χ4n) is 2.98. The Labute approximate surface area is 153 Å². The van der Waals surface area contributed by atoms with Gasteiger partial charge in [0.15, 0.2) is 0 Å². The molecule has 0 spiro atoms. The number of aromatic nitrogens is 1. The van der Waals surface area contributed by atoms with Crippen LogP contribution < -0.4 is 15.4 Å². The molecular formula is C20H25N3O3. The first-order valence-electron chi connectivity index (χ1n) is 8.98. The van der Waals surface area contributed by atoms with Crippen LogP contribution in [0, 0.1) is 0 Å². The topological polar surface area (TPSA) is 72.5 Å². The van der Waals surface area contributed by atoms with E-state index in [0.29, 0.717) is 12.1 Å². The first kappa shape index (κ1) is 18.2. The summed E-state index contributed by atoms with van der Waals surface area (Å²) in [7, 11) is 1.68. The molecule has 1 atom stereocenters. The van der Waals surface area contributed by atoms with Gasteiger partial charge in [0, 0.05) is 25.9 Å². The van der Waals surface area contributed by atoms with Gasteiger partial charge in [0.2, 0.25) is 0 Å². The van der Waals surface area contributed by atoms with Crippen LogP contribution in [0.3, 0.4) is 0 Å². The Bertz CT molecular complexity index is 712. The molecule has 2 aromatic rings. The van der Waals surface area contributed by atoms with Crippen LogP contribution in [0.5, 0.6) is 5.75 Å². The maximum Gasteiger partial charge on any atom is 0.252 e. The van der Waals surface area contributed by atoms with E-state index in [-0.39, 0.29) is 12.0 Å². The van der Waals surface area contributed by atoms with Gasteiger partial charge in [0.05, 0.1) is 18.8 Å². The maximum absolute atomic E-state index is 12.1. The van der Waals surface area contributed by atoms with Crippen molar-refractivity contribution in [2.75, 3.05) is 32.1 Å². The molecule has 1 saturated heterocycles. The van der Waals surface area contributed by atoms with Crippen molar-refractivity contribution in [1.29, 1.82) is 0 Å². The molecule has 26 heavy (non-hydrogen) atoms. The fraction of sp³-hybridized carbons (Fsp3) is 0.400. The van der Waals surface area contributed by atoms with Crippen molar-refractivity contribution < 1.29 is 14.3 Å². The van der Waals surface area contributed by atoms with Crippen molar-refractivity contribution in [3.8, 4) is 5.75 Å². The Morgan fingerprint density at radius 2 is 2.19 bits per heavy atom. The zero-order chi connectivity index (χ0) is 18.2. The van der Waals surface area contributed by atoms with Gasteiger partial charge in [-0.2, -0.15) is 0 Å². The zero-order valence-electron chi connectivity index (χ0n) is 15.0. The molecule has 2 heterocycles. The van der Waals surface area contributed by atoms with Crippen LogP contribution in [0.1, 0.15) is 28.8 Å². The minimum atomic E-state index is -0.117. The summed E-state index contributed by atoms with van der Waals surface area (Å²) in [4.78, 5) is 16.5. The average molecular weight is 355 g/mol. The third-order valence-electron chi connectivity index (χ3n) is 4.43. The number of hydrogen-bond acceptors (Lipinski definition) is 5. The summed E-state index contributed by atoms with van der Waals surface area (Å²) < 4.78 is 10.9. The highest BCUT2D eigenvalue weighted by Crippen LogP contribution is 2.18. The van der Waals surface area contributed by atoms with Crippen molar-refractivity contribution in [2.24, 2.45) is 0 Å². The van der Waals surface area contributed by atoms with Crippen molar-refractivity contribution >= 4 is 11.7 Å². The van der Waals surface area contributed by atoms with Gasteiger partial charge >= 0.3 is 0 Å². The molecule has 0 bridgehead atoms. The van der Waals surface area contributed by atoms with Gasteiger partial charge in [-0.25, -0.2) is 4.98 Å². The van der Waals surface area contributed by atoms with Gasteiger partial charge in [-0.3, -0.25) is 4.79 Å². The van der Waals surface area contributed by atoms with E-state index in [1.54, 1.807) is 19.4 Å². The summed E-state index contributed by atoms with van der Waals surface area (Å²) >= 11 is 0. The molecule has 1 amide bonds. The Hall–Kier alpha value is -2.60. The van der Waals surface area contributed by atoms with Gasteiger partial charge in [0.1, 0.15) is 11.6 Å². The largest absolute Gasteiger partial charge is 0.496 e. The summed E-state index contributed by atoms with van der Waals surface area (Å²) in [5, 5.41) is 6.17. The quantitative estimate of drug-likeness (QED) is 0.762. The second kappa shape index (κ2) is 9.20. The molecule has 6 nitrogen and oxygen atoms in total. The van der Waals surface area contributed by atoms with Gasteiger partial charge in [0.25, 0.3) is 5.91 Å². The Morgan fingerprint density at radius 1 is 1.31 bits per heavy atom. The van der Waals surface area contributed by atoms with Crippen LogP contribution >= 0.6 is 0 Å². The summed E-state index contributed by atoms with van der Waals surface area (Å²) in [6.07, 6.45) is 4.64. The standard InChI is InChI=1S/C20H25N3O3/c1-25-18-7-3-2-5-15(18)10-11-21-19-9-8-16(13-22-19)20(24)23-14-17-6-4-12-26-17/h2-3,5,7-9,13,17H,4,6,10-12,14H2,1H3,(H,21,22)(H,23,24). The number of anilines is 1. The Morgan fingerprint density at radius 3 is 2.92 bits per heavy atom. The molecule has 0 radical (unpaired) electrons. The molecule has 1 fully saturated rings. The SMILES string of the molecule is COc1ccccc1CCNc1ccc(C(=O)NCC2CCCO2)cn1. The number of methoxy groups -OCH3 is 1. The van der Waals surface area contributed by atoms with Crippen molar-refractivity contribution in [3.05, 3.63) is 53.7 Å². The number of pyridine rings is 1. The van der Waals surface area contributed by atoms with E-state index in [0.717, 1.165) is 49.5 Å². The molecule has 1 aliphatic heterocycles. The number of benzene rings is 1. The monoisotopic (exact) mass is 355 g/mol. The number of para-hydroxylation sites is 1. The van der Waals surface area contributed by atoms with Gasteiger partial charge in [-0.1, -0.05) is 18.2 Å². The van der Waals surface area contributed by atoms with Gasteiger partial charge in [-0.15, -0.1) is 0 Å². The maximum atomic E-state index is 12.1. The molecule has 3 rings (SSSR count). The number of nitrogens with one attached hydrogen (secondary N) is 2. The molecule has 1 aliphatic rings. The lowest BCUT2D eigenvalue weighted by Gasteiger charge is -2.11. The van der Waals surface area contributed by atoms with Crippen LogP contribution in [0.25, 0.3) is 0 Å².